The third kappa shape index (κ3) is 12.0. The van der Waals surface area contributed by atoms with Crippen molar-refractivity contribution in [2.75, 3.05) is 0 Å². The van der Waals surface area contributed by atoms with Gasteiger partial charge in [0.05, 0.1) is 10.8 Å². The topological polar surface area (TPSA) is 0 Å². The third-order valence-electron chi connectivity index (χ3n) is 25.2. The Labute approximate surface area is 673 Å². The summed E-state index contributed by atoms with van der Waals surface area (Å²) in [5.41, 5.74) is 38.6. The van der Waals surface area contributed by atoms with Crippen LogP contribution >= 0.6 is 0 Å². The van der Waals surface area contributed by atoms with Crippen molar-refractivity contribution in [3.05, 3.63) is 488 Å². The number of hydrogen-bond acceptors (Lipinski definition) is 0. The van der Waals surface area contributed by atoms with Crippen molar-refractivity contribution in [1.82, 2.24) is 0 Å². The van der Waals surface area contributed by atoms with Crippen LogP contribution in [0.25, 0.3) is 98.7 Å². The lowest BCUT2D eigenvalue weighted by Crippen LogP contribution is -2.28. The fraction of sp³-hybridized carbons (Fsp3) is 0.123. The Kier molecular flexibility index (Phi) is 18.6. The minimum absolute atomic E-state index is 0.151. The minimum Gasteiger partial charge on any atom is -0.0622 e. The van der Waals surface area contributed by atoms with E-state index in [0.717, 1.165) is 0 Å². The summed E-state index contributed by atoms with van der Waals surface area (Å²) in [6.07, 6.45) is 0. The molecule has 0 N–H and O–H groups in total. The highest BCUT2D eigenvalue weighted by Gasteiger charge is 2.52. The molecule has 0 unspecified atom stereocenters. The Hall–Kier alpha value is -13.0. The normalized spacial score (nSPS) is 13.8. The van der Waals surface area contributed by atoms with E-state index in [-0.39, 0.29) is 21.7 Å². The fourth-order valence-electron chi connectivity index (χ4n) is 19.9. The van der Waals surface area contributed by atoms with Gasteiger partial charge < -0.3 is 0 Å². The zero-order valence-corrected chi connectivity index (χ0v) is 67.0. The fourth-order valence-corrected chi connectivity index (χ4v) is 19.9. The molecule has 0 amide bonds. The van der Waals surface area contributed by atoms with Gasteiger partial charge in [-0.2, -0.15) is 0 Å². The lowest BCUT2D eigenvalue weighted by molar-refractivity contribution is 0.660. The van der Waals surface area contributed by atoms with Gasteiger partial charge in [0.15, 0.2) is 0 Å². The van der Waals surface area contributed by atoms with Crippen molar-refractivity contribution in [1.29, 1.82) is 0 Å². The molecule has 18 aromatic carbocycles. The summed E-state index contributed by atoms with van der Waals surface area (Å²) in [5, 5.41) is 10.8. The first kappa shape index (κ1) is 72.5. The van der Waals surface area contributed by atoms with Crippen LogP contribution in [0.15, 0.2) is 388 Å². The Balaban J connectivity index is 0.0000000968. The van der Waals surface area contributed by atoms with Gasteiger partial charge >= 0.3 is 0 Å². The van der Waals surface area contributed by atoms with Crippen LogP contribution in [-0.4, -0.2) is 0 Å². The number of aryl methyl sites for hydroxylation is 6. The molecule has 0 atom stereocenters. The smallest absolute Gasteiger partial charge is 0.0622 e. The van der Waals surface area contributed by atoms with E-state index in [1.807, 2.05) is 0 Å². The summed E-state index contributed by atoms with van der Waals surface area (Å²) in [4.78, 5) is 0. The average molecular weight is 1460 g/mol. The van der Waals surface area contributed by atoms with Gasteiger partial charge in [-0.25, -0.2) is 0 Å². The average Bonchev–Trinajstić information content (AvgIpc) is 1.51. The highest BCUT2D eigenvalue weighted by molar-refractivity contribution is 6.10. The van der Waals surface area contributed by atoms with E-state index >= 15 is 0 Å². The van der Waals surface area contributed by atoms with Crippen LogP contribution in [0.4, 0.5) is 0 Å². The molecule has 0 fully saturated rings. The molecule has 0 saturated heterocycles. The molecule has 0 bridgehead atoms. The van der Waals surface area contributed by atoms with E-state index in [2.05, 4.69) is 457 Å². The van der Waals surface area contributed by atoms with Crippen molar-refractivity contribution < 1.29 is 0 Å². The Morgan fingerprint density at radius 2 is 0.465 bits per heavy atom. The first-order valence-corrected chi connectivity index (χ1v) is 40.5. The number of hydrogen-bond donors (Lipinski definition) is 0. The maximum absolute atomic E-state index is 2.40. The number of benzene rings is 18. The molecule has 5 aliphatic rings. The SMILES string of the molecule is Cc1cc2ccccc2c2ccccc12.Cc1ccc2c(c1)-c1ccccc1C2(C)C.Cc1ccc2c(c1)C(C)(C)c1ccccc1-2.Cc1ccc2c(c1)C(c1ccccc1)(c1ccccc1)c1ccccc1-2.Cc1ccc2c(c1)C1(c3ccccc3-c3ccccc31)c1ccccc1-2.Cc1cccc2c1ccc1ccccc12. The Morgan fingerprint density at radius 3 is 0.965 bits per heavy atom. The van der Waals surface area contributed by atoms with Crippen molar-refractivity contribution in [3.8, 4) is 55.6 Å². The van der Waals surface area contributed by atoms with Gasteiger partial charge in [0, 0.05) is 10.8 Å². The maximum Gasteiger partial charge on any atom is 0.0725 e. The Morgan fingerprint density at radius 1 is 0.158 bits per heavy atom. The van der Waals surface area contributed by atoms with Crippen LogP contribution in [-0.2, 0) is 21.7 Å². The first-order valence-electron chi connectivity index (χ1n) is 40.5. The van der Waals surface area contributed by atoms with Gasteiger partial charge in [-0.05, 0) is 218 Å². The first-order chi connectivity index (χ1) is 55.6. The zero-order valence-electron chi connectivity index (χ0n) is 67.0. The molecule has 0 aliphatic heterocycles. The van der Waals surface area contributed by atoms with E-state index in [4.69, 9.17) is 0 Å². The van der Waals surface area contributed by atoms with Crippen molar-refractivity contribution in [2.45, 2.75) is 90.9 Å². The largest absolute Gasteiger partial charge is 0.0725 e. The second-order valence-corrected chi connectivity index (χ2v) is 32.9. The van der Waals surface area contributed by atoms with E-state index in [1.54, 1.807) is 0 Å². The standard InChI is InChI=1S/C26H18.C26H20.2C16H16.2C15H12/c1-17-14-15-21-20-10-4-7-13-24(20)26(25(21)16-17)22-11-5-2-8-18(22)19-9-3-6-12-23(19)26;1-19-16-17-23-22-14-8-9-15-24(22)26(25(23)18-19,20-10-4-2-5-11-20)21-12-6-3-7-13-21;1-11-8-9-15-13(10-11)12-6-4-5-7-14(12)16(15,2)3;1-11-8-9-13-12-6-4-5-7-14(12)16(2,3)15(13)10-11;1-11-10-12-6-2-3-8-14(12)15-9-5-4-7-13(11)15;1-11-5-4-8-15-13(11)10-9-12-6-2-3-7-14(12)15/h2-16H,1H3;2-18H,1H3;2*4-10H,1-3H3;2*2-10H,1H3. The van der Waals surface area contributed by atoms with Crippen molar-refractivity contribution in [3.63, 3.8) is 0 Å². The second-order valence-electron chi connectivity index (χ2n) is 32.9. The van der Waals surface area contributed by atoms with Gasteiger partial charge in [-0.3, -0.25) is 0 Å². The number of rotatable bonds is 2. The minimum atomic E-state index is -0.263. The summed E-state index contributed by atoms with van der Waals surface area (Å²) in [6.45, 7) is 22.3. The molecule has 550 valence electrons. The molecule has 23 rings (SSSR count). The van der Waals surface area contributed by atoms with Gasteiger partial charge in [0.25, 0.3) is 0 Å². The summed E-state index contributed by atoms with van der Waals surface area (Å²) >= 11 is 0. The van der Waals surface area contributed by atoms with Crippen LogP contribution < -0.4 is 0 Å². The quantitative estimate of drug-likeness (QED) is 0.151. The van der Waals surface area contributed by atoms with E-state index in [0.29, 0.717) is 0 Å². The molecule has 18 aromatic rings. The van der Waals surface area contributed by atoms with Crippen molar-refractivity contribution in [2.24, 2.45) is 0 Å². The summed E-state index contributed by atoms with van der Waals surface area (Å²) < 4.78 is 0. The maximum atomic E-state index is 2.40. The lowest BCUT2D eigenvalue weighted by atomic mass is 9.67. The van der Waals surface area contributed by atoms with E-state index < -0.39 is 0 Å². The molecular weight excluding hydrogens is 1370 g/mol. The van der Waals surface area contributed by atoms with E-state index in [1.165, 1.54) is 199 Å². The highest BCUT2D eigenvalue weighted by atomic mass is 14.5. The van der Waals surface area contributed by atoms with Gasteiger partial charge in [-0.1, -0.05) is 438 Å². The summed E-state index contributed by atoms with van der Waals surface area (Å²) in [7, 11) is 0. The molecule has 0 aromatic heterocycles. The molecule has 0 heteroatoms. The van der Waals surface area contributed by atoms with E-state index in [9.17, 15) is 0 Å². The van der Waals surface area contributed by atoms with Crippen LogP contribution in [0.2, 0.25) is 0 Å². The molecule has 0 nitrogen and oxygen atoms in total. The lowest BCUT2D eigenvalue weighted by Gasteiger charge is -2.34. The molecule has 1 spiro atoms. The second kappa shape index (κ2) is 29.3. The Bertz CT molecular complexity index is 6510. The molecule has 0 heterocycles. The number of fused-ring (bicyclic) bond motifs is 25. The molecule has 114 heavy (non-hydrogen) atoms. The third-order valence-corrected chi connectivity index (χ3v) is 25.2. The van der Waals surface area contributed by atoms with Gasteiger partial charge in [0.2, 0.25) is 0 Å². The van der Waals surface area contributed by atoms with Crippen molar-refractivity contribution >= 4 is 43.1 Å². The van der Waals surface area contributed by atoms with Gasteiger partial charge in [-0.15, -0.1) is 0 Å². The van der Waals surface area contributed by atoms with Crippen LogP contribution in [0.1, 0.15) is 128 Å². The predicted molar refractivity (Wildman–Crippen MR) is 486 cm³/mol. The van der Waals surface area contributed by atoms with Crippen LogP contribution in [0, 0.1) is 41.5 Å². The molecule has 0 saturated carbocycles. The molecular formula is C114H94. The summed E-state index contributed by atoms with van der Waals surface area (Å²) in [6, 6.07) is 141. The van der Waals surface area contributed by atoms with Crippen LogP contribution in [0.5, 0.6) is 0 Å². The molecule has 0 radical (unpaired) electrons. The van der Waals surface area contributed by atoms with Crippen LogP contribution in [0.3, 0.4) is 0 Å². The predicted octanol–water partition coefficient (Wildman–Crippen LogP) is 29.9. The highest BCUT2D eigenvalue weighted by Crippen LogP contribution is 2.63. The molecule has 5 aliphatic carbocycles. The monoisotopic (exact) mass is 1460 g/mol. The van der Waals surface area contributed by atoms with Gasteiger partial charge in [0.1, 0.15) is 0 Å². The summed E-state index contributed by atoms with van der Waals surface area (Å²) in [5.74, 6) is 0. The zero-order chi connectivity index (χ0) is 78.0.